The molecule has 1 unspecified atom stereocenters. The van der Waals surface area contributed by atoms with Crippen molar-refractivity contribution in [3.8, 4) is 0 Å². The molecule has 2 N–H and O–H groups in total. The van der Waals surface area contributed by atoms with Crippen molar-refractivity contribution in [3.63, 3.8) is 0 Å². The number of carboxylic acid groups (broad SMARTS) is 1. The molecule has 1 amide bonds. The molecule has 4 heterocycles. The maximum atomic E-state index is 11.3. The zero-order valence-electron chi connectivity index (χ0n) is 16.2. The van der Waals surface area contributed by atoms with Gasteiger partial charge < -0.3 is 14.8 Å². The molecule has 0 radical (unpaired) electrons. The summed E-state index contributed by atoms with van der Waals surface area (Å²) in [5.74, 6) is 0.166. The lowest BCUT2D eigenvalue weighted by Gasteiger charge is -2.45. The quantitative estimate of drug-likeness (QED) is 0.814. The average Bonchev–Trinajstić information content (AvgIpc) is 3.19. The molecule has 0 saturated carbocycles. The Bertz CT molecular complexity index is 745. The number of carbonyl (C=O) groups is 1. The highest BCUT2D eigenvalue weighted by Crippen LogP contribution is 2.47. The van der Waals surface area contributed by atoms with Gasteiger partial charge in [0.25, 0.3) is 0 Å². The van der Waals surface area contributed by atoms with Gasteiger partial charge in [0.15, 0.2) is 0 Å². The molecule has 148 valence electrons. The number of hydrogen-bond donors (Lipinski definition) is 2. The molecule has 4 rings (SSSR count). The molecular formula is C18H28N6O3. The van der Waals surface area contributed by atoms with Gasteiger partial charge in [0, 0.05) is 57.9 Å². The number of oxime groups is 1. The number of rotatable bonds is 2. The molecule has 1 spiro atoms. The highest BCUT2D eigenvalue weighted by molar-refractivity contribution is 5.91. The lowest BCUT2D eigenvalue weighted by atomic mass is 9.65. The van der Waals surface area contributed by atoms with Crippen LogP contribution in [0.15, 0.2) is 5.16 Å². The van der Waals surface area contributed by atoms with Crippen molar-refractivity contribution in [1.29, 1.82) is 0 Å². The highest BCUT2D eigenvalue weighted by atomic mass is 16.7. The summed E-state index contributed by atoms with van der Waals surface area (Å²) in [6.07, 6.45) is 1.40. The van der Waals surface area contributed by atoms with E-state index in [0.29, 0.717) is 25.9 Å². The fourth-order valence-electron chi connectivity index (χ4n) is 4.94. The Hall–Kier alpha value is -2.16. The monoisotopic (exact) mass is 376 g/mol. The van der Waals surface area contributed by atoms with Gasteiger partial charge >= 0.3 is 6.09 Å². The predicted octanol–water partition coefficient (Wildman–Crippen LogP) is 1.72. The van der Waals surface area contributed by atoms with Gasteiger partial charge in [-0.1, -0.05) is 25.9 Å². The van der Waals surface area contributed by atoms with Crippen LogP contribution in [0.4, 0.5) is 4.79 Å². The van der Waals surface area contributed by atoms with Gasteiger partial charge in [0.1, 0.15) is 5.60 Å². The van der Waals surface area contributed by atoms with E-state index in [1.54, 1.807) is 0 Å². The van der Waals surface area contributed by atoms with Gasteiger partial charge in [-0.2, -0.15) is 15.4 Å². The molecule has 0 aromatic carbocycles. The zero-order valence-corrected chi connectivity index (χ0v) is 16.2. The number of aromatic amines is 1. The molecule has 1 saturated heterocycles. The Balaban J connectivity index is 1.49. The van der Waals surface area contributed by atoms with Crippen LogP contribution < -0.4 is 0 Å². The molecule has 1 aromatic heterocycles. The van der Waals surface area contributed by atoms with Crippen molar-refractivity contribution in [3.05, 3.63) is 11.4 Å². The molecule has 9 heteroatoms. The number of nitrogens with one attached hydrogen (secondary N) is 1. The number of amides is 1. The van der Waals surface area contributed by atoms with Crippen LogP contribution in [0.3, 0.4) is 0 Å². The number of fused-ring (bicyclic) bond motifs is 1. The van der Waals surface area contributed by atoms with Crippen molar-refractivity contribution >= 4 is 11.8 Å². The summed E-state index contributed by atoms with van der Waals surface area (Å²) < 4.78 is 0. The first-order chi connectivity index (χ1) is 12.8. The molecule has 1 atom stereocenters. The highest BCUT2D eigenvalue weighted by Gasteiger charge is 2.55. The van der Waals surface area contributed by atoms with E-state index in [1.807, 2.05) is 0 Å². The van der Waals surface area contributed by atoms with E-state index in [2.05, 4.69) is 46.2 Å². The normalized spacial score (nSPS) is 25.2. The largest absolute Gasteiger partial charge is 0.465 e. The first kappa shape index (κ1) is 18.2. The average molecular weight is 376 g/mol. The van der Waals surface area contributed by atoms with E-state index in [4.69, 9.17) is 4.84 Å². The molecule has 1 aromatic rings. The lowest BCUT2D eigenvalue weighted by molar-refractivity contribution is -0.101. The summed E-state index contributed by atoms with van der Waals surface area (Å²) in [4.78, 5) is 21.2. The second-order valence-corrected chi connectivity index (χ2v) is 8.98. The van der Waals surface area contributed by atoms with Crippen LogP contribution in [-0.2, 0) is 17.8 Å². The minimum Gasteiger partial charge on any atom is -0.465 e. The van der Waals surface area contributed by atoms with Crippen molar-refractivity contribution in [2.24, 2.45) is 16.5 Å². The van der Waals surface area contributed by atoms with E-state index in [-0.39, 0.29) is 11.3 Å². The second kappa shape index (κ2) is 6.47. The Morgan fingerprint density at radius 1 is 1.26 bits per heavy atom. The van der Waals surface area contributed by atoms with E-state index in [1.165, 1.54) is 4.90 Å². The van der Waals surface area contributed by atoms with Crippen molar-refractivity contribution < 1.29 is 14.7 Å². The number of aromatic nitrogens is 3. The van der Waals surface area contributed by atoms with Gasteiger partial charge in [0.05, 0.1) is 17.1 Å². The maximum absolute atomic E-state index is 11.3. The molecule has 0 bridgehead atoms. The summed E-state index contributed by atoms with van der Waals surface area (Å²) in [6, 6.07) is 0. The third-order valence-electron chi connectivity index (χ3n) is 6.08. The minimum absolute atomic E-state index is 0.0183. The van der Waals surface area contributed by atoms with Gasteiger partial charge in [0.2, 0.25) is 0 Å². The van der Waals surface area contributed by atoms with E-state index in [9.17, 15) is 9.90 Å². The molecule has 9 nitrogen and oxygen atoms in total. The molecule has 3 aliphatic heterocycles. The van der Waals surface area contributed by atoms with Crippen LogP contribution in [0, 0.1) is 11.3 Å². The van der Waals surface area contributed by atoms with Crippen LogP contribution in [0.5, 0.6) is 0 Å². The summed E-state index contributed by atoms with van der Waals surface area (Å²) >= 11 is 0. The molecule has 1 fully saturated rings. The topological polar surface area (TPSA) is 107 Å². The fourth-order valence-corrected chi connectivity index (χ4v) is 4.94. The molecular weight excluding hydrogens is 348 g/mol. The lowest BCUT2D eigenvalue weighted by Crippen LogP contribution is -2.55. The summed E-state index contributed by atoms with van der Waals surface area (Å²) in [6.45, 7) is 10.1. The SMILES string of the molecule is CC(C)(C)C1C(CN2CCc3n[nH]nc3C2)=NOC12CCN(C(=O)O)CC2. The van der Waals surface area contributed by atoms with Crippen LogP contribution >= 0.6 is 0 Å². The number of H-pyrrole nitrogens is 1. The fraction of sp³-hybridized carbons (Fsp3) is 0.778. The van der Waals surface area contributed by atoms with Crippen LogP contribution in [0.25, 0.3) is 0 Å². The van der Waals surface area contributed by atoms with Gasteiger partial charge in [-0.15, -0.1) is 0 Å². The Kier molecular flexibility index (Phi) is 4.37. The molecule has 27 heavy (non-hydrogen) atoms. The number of piperidine rings is 1. The second-order valence-electron chi connectivity index (χ2n) is 8.98. The van der Waals surface area contributed by atoms with Crippen molar-refractivity contribution in [2.45, 2.75) is 52.2 Å². The van der Waals surface area contributed by atoms with E-state index in [0.717, 1.165) is 43.2 Å². The summed E-state index contributed by atoms with van der Waals surface area (Å²) in [5.41, 5.74) is 2.72. The predicted molar refractivity (Wildman–Crippen MR) is 98.4 cm³/mol. The van der Waals surface area contributed by atoms with E-state index >= 15 is 0 Å². The third-order valence-corrected chi connectivity index (χ3v) is 6.08. The smallest absolute Gasteiger partial charge is 0.407 e. The van der Waals surface area contributed by atoms with Crippen LogP contribution in [-0.4, -0.2) is 73.9 Å². The van der Waals surface area contributed by atoms with Crippen LogP contribution in [0.1, 0.15) is 45.0 Å². The van der Waals surface area contributed by atoms with Gasteiger partial charge in [-0.3, -0.25) is 4.90 Å². The number of hydrogen-bond acceptors (Lipinski definition) is 6. The van der Waals surface area contributed by atoms with E-state index < -0.39 is 11.7 Å². The standard InChI is InChI=1S/C18H28N6O3/c1-17(2,3)15-14(11-23-7-4-12-13(10-23)20-22-19-12)21-27-18(15)5-8-24(9-6-18)16(25)26/h15H,4-11H2,1-3H3,(H,25,26)(H,19,20,22). The first-order valence-corrected chi connectivity index (χ1v) is 9.62. The Morgan fingerprint density at radius 3 is 2.63 bits per heavy atom. The van der Waals surface area contributed by atoms with Crippen molar-refractivity contribution in [1.82, 2.24) is 25.2 Å². The van der Waals surface area contributed by atoms with Crippen molar-refractivity contribution in [2.75, 3.05) is 26.2 Å². The summed E-state index contributed by atoms with van der Waals surface area (Å²) in [5, 5.41) is 25.0. The Labute approximate surface area is 158 Å². The number of nitrogens with zero attached hydrogens (tertiary/aromatic N) is 5. The van der Waals surface area contributed by atoms with Crippen LogP contribution in [0.2, 0.25) is 0 Å². The van der Waals surface area contributed by atoms with Gasteiger partial charge in [-0.25, -0.2) is 4.79 Å². The van der Waals surface area contributed by atoms with Gasteiger partial charge in [-0.05, 0) is 5.41 Å². The Morgan fingerprint density at radius 2 is 1.96 bits per heavy atom. The molecule has 3 aliphatic rings. The number of likely N-dealkylation sites (tertiary alicyclic amines) is 1. The first-order valence-electron chi connectivity index (χ1n) is 9.62. The summed E-state index contributed by atoms with van der Waals surface area (Å²) in [7, 11) is 0. The zero-order chi connectivity index (χ0) is 19.2. The molecule has 0 aliphatic carbocycles. The third kappa shape index (κ3) is 3.28. The minimum atomic E-state index is -0.854. The maximum Gasteiger partial charge on any atom is 0.407 e.